The van der Waals surface area contributed by atoms with E-state index in [1.807, 2.05) is 30.3 Å². The molecule has 0 fully saturated rings. The van der Waals surface area contributed by atoms with E-state index >= 15 is 0 Å². The molecule has 116 valence electrons. The van der Waals surface area contributed by atoms with Crippen LogP contribution in [0.15, 0.2) is 54.6 Å². The highest BCUT2D eigenvalue weighted by molar-refractivity contribution is 7.18. The van der Waals surface area contributed by atoms with Crippen molar-refractivity contribution in [1.29, 1.82) is 0 Å². The highest BCUT2D eigenvalue weighted by Crippen LogP contribution is 2.21. The lowest BCUT2D eigenvalue weighted by atomic mass is 10.2. The van der Waals surface area contributed by atoms with Crippen molar-refractivity contribution >= 4 is 33.5 Å². The molecule has 1 aromatic heterocycles. The lowest BCUT2D eigenvalue weighted by Crippen LogP contribution is -2.46. The Morgan fingerprint density at radius 1 is 0.957 bits per heavy atom. The van der Waals surface area contributed by atoms with E-state index in [1.54, 1.807) is 24.3 Å². The van der Waals surface area contributed by atoms with Crippen LogP contribution < -0.4 is 16.2 Å². The Morgan fingerprint density at radius 3 is 2.48 bits per heavy atom. The molecule has 0 unspecified atom stereocenters. The number of urea groups is 1. The van der Waals surface area contributed by atoms with Crippen LogP contribution in [-0.2, 0) is 6.54 Å². The average molecular weight is 326 g/mol. The summed E-state index contributed by atoms with van der Waals surface area (Å²) < 4.78 is 1.07. The van der Waals surface area contributed by atoms with Crippen molar-refractivity contribution < 1.29 is 9.59 Å². The van der Waals surface area contributed by atoms with Crippen molar-refractivity contribution in [3.8, 4) is 0 Å². The number of rotatable bonds is 3. The molecule has 3 aromatic rings. The first kappa shape index (κ1) is 15.0. The third-order valence-corrected chi connectivity index (χ3v) is 4.10. The Hall–Kier alpha value is -2.93. The quantitative estimate of drug-likeness (QED) is 0.647. The number of hydrogen-bond acceptors (Lipinski definition) is 4. The first-order valence-electron chi connectivity index (χ1n) is 6.96. The number of carbonyl (C=O) groups excluding carboxylic acids is 2. The Balaban J connectivity index is 1.49. The fourth-order valence-electron chi connectivity index (χ4n) is 1.97. The van der Waals surface area contributed by atoms with Gasteiger partial charge in [-0.1, -0.05) is 30.3 Å². The smallest absolute Gasteiger partial charge is 0.330 e. The fraction of sp³-hybridized carbons (Fsp3) is 0.0625. The van der Waals surface area contributed by atoms with E-state index in [2.05, 4.69) is 21.2 Å². The number of hydrazine groups is 1. The topological polar surface area (TPSA) is 83.1 Å². The minimum absolute atomic E-state index is 0.298. The van der Waals surface area contributed by atoms with Gasteiger partial charge >= 0.3 is 6.03 Å². The second-order valence-electron chi connectivity index (χ2n) is 4.70. The van der Waals surface area contributed by atoms with Gasteiger partial charge in [-0.25, -0.2) is 15.2 Å². The molecule has 0 saturated carbocycles. The van der Waals surface area contributed by atoms with Crippen LogP contribution >= 0.6 is 11.3 Å². The molecule has 3 amide bonds. The van der Waals surface area contributed by atoms with Gasteiger partial charge in [-0.3, -0.25) is 10.2 Å². The summed E-state index contributed by atoms with van der Waals surface area (Å²) in [6.45, 7) is 0.298. The number of fused-ring (bicyclic) bond motifs is 1. The summed E-state index contributed by atoms with van der Waals surface area (Å²) in [4.78, 5) is 27.9. The molecule has 0 aliphatic rings. The van der Waals surface area contributed by atoms with E-state index in [4.69, 9.17) is 0 Å². The van der Waals surface area contributed by atoms with Gasteiger partial charge in [0.05, 0.1) is 16.8 Å². The zero-order valence-corrected chi connectivity index (χ0v) is 12.9. The molecule has 3 N–H and O–H groups in total. The van der Waals surface area contributed by atoms with Gasteiger partial charge in [0.25, 0.3) is 5.91 Å². The molecule has 0 radical (unpaired) electrons. The fourth-order valence-corrected chi connectivity index (χ4v) is 2.88. The lowest BCUT2D eigenvalue weighted by molar-refractivity contribution is 0.0936. The van der Waals surface area contributed by atoms with Gasteiger partial charge in [0.2, 0.25) is 0 Å². The number of hydrogen-bond donors (Lipinski definition) is 3. The van der Waals surface area contributed by atoms with Gasteiger partial charge in [0.1, 0.15) is 5.01 Å². The van der Waals surface area contributed by atoms with Gasteiger partial charge in [-0.05, 0) is 24.3 Å². The summed E-state index contributed by atoms with van der Waals surface area (Å²) in [5.41, 5.74) is 6.04. The van der Waals surface area contributed by atoms with Crippen LogP contribution in [0.1, 0.15) is 15.4 Å². The van der Waals surface area contributed by atoms with Crippen LogP contribution in [0, 0.1) is 0 Å². The maximum absolute atomic E-state index is 11.8. The third-order valence-electron chi connectivity index (χ3n) is 3.06. The van der Waals surface area contributed by atoms with Crippen LogP contribution in [0.25, 0.3) is 10.2 Å². The lowest BCUT2D eigenvalue weighted by Gasteiger charge is -2.07. The normalized spacial score (nSPS) is 10.3. The maximum atomic E-state index is 11.8. The predicted molar refractivity (Wildman–Crippen MR) is 88.9 cm³/mol. The van der Waals surface area contributed by atoms with Crippen molar-refractivity contribution in [2.75, 3.05) is 0 Å². The van der Waals surface area contributed by atoms with Crippen LogP contribution in [0.5, 0.6) is 0 Å². The number of nitrogens with zero attached hydrogens (tertiary/aromatic N) is 1. The minimum atomic E-state index is -0.492. The van der Waals surface area contributed by atoms with Gasteiger partial charge in [0, 0.05) is 5.56 Å². The predicted octanol–water partition coefficient (Wildman–Crippen LogP) is 2.44. The van der Waals surface area contributed by atoms with Gasteiger partial charge in [-0.15, -0.1) is 11.3 Å². The Kier molecular flexibility index (Phi) is 4.49. The van der Waals surface area contributed by atoms with Crippen molar-refractivity contribution in [3.05, 3.63) is 65.2 Å². The Morgan fingerprint density at radius 2 is 1.70 bits per heavy atom. The van der Waals surface area contributed by atoms with Gasteiger partial charge < -0.3 is 5.32 Å². The number of aromatic nitrogens is 1. The average Bonchev–Trinajstić information content (AvgIpc) is 3.01. The van der Waals surface area contributed by atoms with E-state index in [9.17, 15) is 9.59 Å². The third kappa shape index (κ3) is 3.83. The highest BCUT2D eigenvalue weighted by Gasteiger charge is 2.08. The summed E-state index contributed by atoms with van der Waals surface area (Å²) in [7, 11) is 0. The largest absolute Gasteiger partial charge is 0.333 e. The molecule has 1 heterocycles. The molecule has 3 rings (SSSR count). The maximum Gasteiger partial charge on any atom is 0.333 e. The summed E-state index contributed by atoms with van der Waals surface area (Å²) in [5.74, 6) is -0.374. The molecule has 0 saturated heterocycles. The number of carbonyl (C=O) groups is 2. The van der Waals surface area contributed by atoms with Crippen molar-refractivity contribution in [1.82, 2.24) is 21.2 Å². The SMILES string of the molecule is O=C(NCc1nc2ccccc2s1)NNC(=O)c1ccccc1. The number of benzene rings is 2. The van der Waals surface area contributed by atoms with Crippen LogP contribution in [0.3, 0.4) is 0 Å². The molecule has 0 bridgehead atoms. The van der Waals surface area contributed by atoms with E-state index in [-0.39, 0.29) is 5.91 Å². The monoisotopic (exact) mass is 326 g/mol. The zero-order valence-electron chi connectivity index (χ0n) is 12.1. The number of amides is 3. The molecule has 7 heteroatoms. The second-order valence-corrected chi connectivity index (χ2v) is 5.82. The van der Waals surface area contributed by atoms with E-state index < -0.39 is 6.03 Å². The molecule has 0 aliphatic carbocycles. The number of thiazole rings is 1. The molecule has 23 heavy (non-hydrogen) atoms. The van der Waals surface area contributed by atoms with Crippen molar-refractivity contribution in [2.45, 2.75) is 6.54 Å². The number of nitrogens with one attached hydrogen (secondary N) is 3. The summed E-state index contributed by atoms with van der Waals surface area (Å²) in [6, 6.07) is 15.9. The summed E-state index contributed by atoms with van der Waals surface area (Å²) >= 11 is 1.52. The second kappa shape index (κ2) is 6.89. The summed E-state index contributed by atoms with van der Waals surface area (Å²) in [5, 5.41) is 3.45. The first-order valence-corrected chi connectivity index (χ1v) is 7.78. The van der Waals surface area contributed by atoms with Crippen LogP contribution in [0.4, 0.5) is 4.79 Å². The van der Waals surface area contributed by atoms with E-state index in [0.717, 1.165) is 15.2 Å². The van der Waals surface area contributed by atoms with Crippen molar-refractivity contribution in [2.24, 2.45) is 0 Å². The highest BCUT2D eigenvalue weighted by atomic mass is 32.1. The van der Waals surface area contributed by atoms with Gasteiger partial charge in [-0.2, -0.15) is 0 Å². The molecule has 0 atom stereocenters. The van der Waals surface area contributed by atoms with Gasteiger partial charge in [0.15, 0.2) is 0 Å². The van der Waals surface area contributed by atoms with Crippen LogP contribution in [-0.4, -0.2) is 16.9 Å². The molecule has 2 aromatic carbocycles. The molecule has 6 nitrogen and oxygen atoms in total. The first-order chi connectivity index (χ1) is 11.2. The van der Waals surface area contributed by atoms with Crippen LogP contribution in [0.2, 0.25) is 0 Å². The van der Waals surface area contributed by atoms with Crippen molar-refractivity contribution in [3.63, 3.8) is 0 Å². The molecule has 0 spiro atoms. The molecular weight excluding hydrogens is 312 g/mol. The number of para-hydroxylation sites is 1. The minimum Gasteiger partial charge on any atom is -0.330 e. The molecular formula is C16H14N4O2S. The standard InChI is InChI=1S/C16H14N4O2S/c21-15(11-6-2-1-3-7-11)19-20-16(22)17-10-14-18-12-8-4-5-9-13(12)23-14/h1-9H,10H2,(H,19,21)(H2,17,20,22). The summed E-state index contributed by atoms with van der Waals surface area (Å²) in [6.07, 6.45) is 0. The van der Waals surface area contributed by atoms with E-state index in [0.29, 0.717) is 12.1 Å². The zero-order chi connectivity index (χ0) is 16.1. The van der Waals surface area contributed by atoms with E-state index in [1.165, 1.54) is 11.3 Å². The molecule has 0 aliphatic heterocycles. The Labute approximate surface area is 136 Å². The Bertz CT molecular complexity index is 799.